The summed E-state index contributed by atoms with van der Waals surface area (Å²) in [7, 11) is 0. The maximum Gasteiger partial charge on any atom is 0.242 e. The highest BCUT2D eigenvalue weighted by atomic mass is 15.3. The number of nitrogens with zero attached hydrogens (tertiary/aromatic N) is 4. The predicted molar refractivity (Wildman–Crippen MR) is 171 cm³/mol. The van der Waals surface area contributed by atoms with Crippen molar-refractivity contribution in [2.45, 2.75) is 30.7 Å². The van der Waals surface area contributed by atoms with Gasteiger partial charge in [0.2, 0.25) is 5.54 Å². The van der Waals surface area contributed by atoms with Crippen LogP contribution in [0.4, 0.5) is 28.6 Å². The lowest BCUT2D eigenvalue weighted by molar-refractivity contribution is -0.750. The Morgan fingerprint density at radius 1 is 0.636 bits per heavy atom. The monoisotopic (exact) mass is 563 g/mol. The van der Waals surface area contributed by atoms with Crippen molar-refractivity contribution in [2.75, 3.05) is 16.3 Å². The first-order chi connectivity index (χ1) is 21.8. The minimum atomic E-state index is -0.354. The number of hydrogen-bond acceptors (Lipinski definition) is 3. The number of pyridine rings is 2. The molecule has 4 aromatic carbocycles. The predicted octanol–water partition coefficient (Wildman–Crippen LogP) is 7.30. The average molecular weight is 564 g/mol. The van der Waals surface area contributed by atoms with E-state index in [4.69, 9.17) is 4.98 Å². The zero-order valence-electron chi connectivity index (χ0n) is 24.1. The topological polar surface area (TPSA) is 23.2 Å². The van der Waals surface area contributed by atoms with Gasteiger partial charge in [0.15, 0.2) is 11.9 Å². The van der Waals surface area contributed by atoms with Crippen molar-refractivity contribution in [2.24, 2.45) is 0 Å². The van der Waals surface area contributed by atoms with Crippen molar-refractivity contribution in [3.8, 4) is 0 Å². The van der Waals surface area contributed by atoms with Gasteiger partial charge in [-0.1, -0.05) is 54.6 Å². The van der Waals surface area contributed by atoms with Crippen molar-refractivity contribution >= 4 is 28.6 Å². The summed E-state index contributed by atoms with van der Waals surface area (Å²) in [4.78, 5) is 10.0. The van der Waals surface area contributed by atoms with Crippen molar-refractivity contribution < 1.29 is 4.57 Å². The Morgan fingerprint density at radius 2 is 1.39 bits per heavy atom. The van der Waals surface area contributed by atoms with Crippen molar-refractivity contribution in [1.29, 1.82) is 0 Å². The third-order valence-electron chi connectivity index (χ3n) is 11.5. The molecule has 1 spiro atoms. The SMILES string of the molecule is c1ccc(N2CC34c5c2cccc5N2c5ccccc5Cc5cc6c(c3c52)C2c3c(cccc3Cc3ccc[n+]4c32)C6)nc1. The van der Waals surface area contributed by atoms with Crippen LogP contribution in [0.25, 0.3) is 0 Å². The maximum atomic E-state index is 4.92. The molecule has 0 bridgehead atoms. The van der Waals surface area contributed by atoms with Crippen molar-refractivity contribution in [3.05, 3.63) is 171 Å². The Kier molecular flexibility index (Phi) is 3.70. The van der Waals surface area contributed by atoms with Gasteiger partial charge in [0, 0.05) is 36.4 Å². The van der Waals surface area contributed by atoms with E-state index in [0.29, 0.717) is 0 Å². The molecule has 12 rings (SSSR count). The average Bonchev–Trinajstić information content (AvgIpc) is 3.42. The smallest absolute Gasteiger partial charge is 0.242 e. The van der Waals surface area contributed by atoms with Gasteiger partial charge in [0.25, 0.3) is 0 Å². The molecule has 6 heterocycles. The third kappa shape index (κ3) is 2.31. The molecular weight excluding hydrogens is 536 g/mol. The molecule has 2 aromatic heterocycles. The lowest BCUT2D eigenvalue weighted by Gasteiger charge is -2.49. The molecule has 0 saturated carbocycles. The molecule has 4 aliphatic heterocycles. The summed E-state index contributed by atoms with van der Waals surface area (Å²) >= 11 is 0. The molecule has 0 saturated heterocycles. The lowest BCUT2D eigenvalue weighted by atomic mass is 9.60. The van der Waals surface area contributed by atoms with Crippen LogP contribution in [-0.2, 0) is 24.8 Å². The summed E-state index contributed by atoms with van der Waals surface area (Å²) in [5.41, 5.74) is 21.4. The molecule has 0 fully saturated rings. The molecule has 2 atom stereocenters. The van der Waals surface area contributed by atoms with Crippen LogP contribution >= 0.6 is 0 Å². The van der Waals surface area contributed by atoms with Crippen LogP contribution in [0.1, 0.15) is 67.2 Å². The number of hydrogen-bond donors (Lipinski definition) is 0. The zero-order chi connectivity index (χ0) is 28.3. The summed E-state index contributed by atoms with van der Waals surface area (Å²) in [6.07, 6.45) is 7.30. The first-order valence-corrected chi connectivity index (χ1v) is 15.8. The summed E-state index contributed by atoms with van der Waals surface area (Å²) in [6.45, 7) is 0.830. The fraction of sp³-hybridized carbons (Fsp3) is 0.150. The van der Waals surface area contributed by atoms with E-state index < -0.39 is 0 Å². The fourth-order valence-electron chi connectivity index (χ4n) is 10.1. The quantitative estimate of drug-likeness (QED) is 0.196. The molecule has 2 aliphatic carbocycles. The number of anilines is 5. The van der Waals surface area contributed by atoms with Gasteiger partial charge >= 0.3 is 0 Å². The van der Waals surface area contributed by atoms with Gasteiger partial charge in [-0.15, -0.1) is 0 Å². The molecule has 4 nitrogen and oxygen atoms in total. The molecule has 6 aromatic rings. The van der Waals surface area contributed by atoms with E-state index in [1.54, 1.807) is 11.1 Å². The van der Waals surface area contributed by atoms with Gasteiger partial charge in [-0.3, -0.25) is 0 Å². The van der Waals surface area contributed by atoms with Gasteiger partial charge < -0.3 is 9.80 Å². The highest BCUT2D eigenvalue weighted by Crippen LogP contribution is 2.66. The van der Waals surface area contributed by atoms with Gasteiger partial charge in [-0.25, -0.2) is 4.98 Å². The standard InChI is InChI=1S/C40H27N4/c1-2-12-29-23(8-1)18-28-21-27-20-25-10-5-9-24-19-26-11-7-17-43-38(26)35(33(24)25)34(27)37-39(28)44(29)31-14-6-13-30-36(31)40(37,43)22-42(30)32-15-3-4-16-41-32/h1-17,21,35H,18-20,22H2/q+1. The second kappa shape index (κ2) is 7.28. The molecule has 206 valence electrons. The second-order valence-electron chi connectivity index (χ2n) is 13.3. The van der Waals surface area contributed by atoms with Crippen LogP contribution < -0.4 is 14.4 Å². The number of aromatic nitrogens is 2. The van der Waals surface area contributed by atoms with E-state index in [9.17, 15) is 0 Å². The molecule has 0 radical (unpaired) electrons. The molecule has 6 aliphatic rings. The Hall–Kier alpha value is -5.22. The number of benzene rings is 4. The van der Waals surface area contributed by atoms with E-state index in [1.807, 2.05) is 12.3 Å². The molecule has 0 amide bonds. The Balaban J connectivity index is 1.30. The molecular formula is C40H27N4+. The van der Waals surface area contributed by atoms with E-state index in [0.717, 1.165) is 31.6 Å². The summed E-state index contributed by atoms with van der Waals surface area (Å²) in [5, 5.41) is 0. The van der Waals surface area contributed by atoms with E-state index in [2.05, 4.69) is 112 Å². The van der Waals surface area contributed by atoms with Crippen molar-refractivity contribution in [3.63, 3.8) is 0 Å². The van der Waals surface area contributed by atoms with Crippen LogP contribution in [0.15, 0.2) is 109 Å². The van der Waals surface area contributed by atoms with Crippen molar-refractivity contribution in [1.82, 2.24) is 4.98 Å². The minimum absolute atomic E-state index is 0.262. The van der Waals surface area contributed by atoms with Crippen LogP contribution in [0.5, 0.6) is 0 Å². The van der Waals surface area contributed by atoms with E-state index >= 15 is 0 Å². The van der Waals surface area contributed by atoms with Crippen LogP contribution in [-0.4, -0.2) is 11.5 Å². The van der Waals surface area contributed by atoms with Gasteiger partial charge in [-0.2, -0.15) is 4.57 Å². The van der Waals surface area contributed by atoms with E-state index in [-0.39, 0.29) is 11.5 Å². The highest BCUT2D eigenvalue weighted by molar-refractivity contribution is 5.97. The summed E-state index contributed by atoms with van der Waals surface area (Å²) in [6, 6.07) is 36.7. The highest BCUT2D eigenvalue weighted by Gasteiger charge is 2.65. The zero-order valence-corrected chi connectivity index (χ0v) is 24.1. The largest absolute Gasteiger partial charge is 0.318 e. The van der Waals surface area contributed by atoms with Crippen LogP contribution in [0.2, 0.25) is 0 Å². The van der Waals surface area contributed by atoms with Gasteiger partial charge in [-0.05, 0) is 81.8 Å². The molecule has 44 heavy (non-hydrogen) atoms. The first kappa shape index (κ1) is 22.3. The Bertz CT molecular complexity index is 2320. The molecule has 2 unspecified atom stereocenters. The van der Waals surface area contributed by atoms with Crippen LogP contribution in [0, 0.1) is 0 Å². The second-order valence-corrected chi connectivity index (χ2v) is 13.3. The lowest BCUT2D eigenvalue weighted by Crippen LogP contribution is -2.67. The van der Waals surface area contributed by atoms with Crippen LogP contribution in [0.3, 0.4) is 0 Å². The summed E-state index contributed by atoms with van der Waals surface area (Å²) < 4.78 is 2.73. The number of fused-ring (bicyclic) bond motifs is 3. The minimum Gasteiger partial charge on any atom is -0.318 e. The number of rotatable bonds is 1. The Labute approximate surface area is 255 Å². The van der Waals surface area contributed by atoms with E-state index in [1.165, 1.54) is 73.0 Å². The first-order valence-electron chi connectivity index (χ1n) is 15.8. The molecule has 0 N–H and O–H groups in total. The van der Waals surface area contributed by atoms with Gasteiger partial charge in [0.05, 0.1) is 40.7 Å². The maximum absolute atomic E-state index is 4.92. The third-order valence-corrected chi connectivity index (χ3v) is 11.5. The summed E-state index contributed by atoms with van der Waals surface area (Å²) in [5.74, 6) is 1.27. The Morgan fingerprint density at radius 3 is 2.30 bits per heavy atom. The fourth-order valence-corrected chi connectivity index (χ4v) is 10.1. The molecule has 4 heteroatoms. The number of para-hydroxylation sites is 1. The normalized spacial score (nSPS) is 21.0. The van der Waals surface area contributed by atoms with Gasteiger partial charge in [0.1, 0.15) is 5.82 Å².